The third-order valence-corrected chi connectivity index (χ3v) is 3.46. The molecule has 0 saturated carbocycles. The fourth-order valence-electron chi connectivity index (χ4n) is 2.59. The van der Waals surface area contributed by atoms with Crippen molar-refractivity contribution in [1.82, 2.24) is 14.9 Å². The van der Waals surface area contributed by atoms with E-state index in [1.807, 2.05) is 31.5 Å². The van der Waals surface area contributed by atoms with Crippen molar-refractivity contribution in [3.05, 3.63) is 30.6 Å². The summed E-state index contributed by atoms with van der Waals surface area (Å²) in [6.45, 7) is 6.99. The maximum absolute atomic E-state index is 9.33. The third-order valence-electron chi connectivity index (χ3n) is 3.46. The van der Waals surface area contributed by atoms with Crippen molar-refractivity contribution in [1.29, 1.82) is 5.26 Å². The average Bonchev–Trinajstić information content (AvgIpc) is 2.82. The van der Waals surface area contributed by atoms with Crippen molar-refractivity contribution in [3.8, 4) is 6.07 Å². The van der Waals surface area contributed by atoms with Crippen LogP contribution in [0.3, 0.4) is 0 Å². The van der Waals surface area contributed by atoms with Crippen LogP contribution in [-0.2, 0) is 6.54 Å². The topological polar surface area (TPSA) is 53.6 Å². The van der Waals surface area contributed by atoms with Crippen LogP contribution in [0, 0.1) is 11.3 Å². The molecule has 0 fully saturated rings. The predicted molar refractivity (Wildman–Crippen MR) is 81.3 cm³/mol. The van der Waals surface area contributed by atoms with E-state index in [0.29, 0.717) is 6.04 Å². The highest BCUT2D eigenvalue weighted by Gasteiger charge is 2.23. The van der Waals surface area contributed by atoms with E-state index in [1.54, 1.807) is 0 Å². The number of benzene rings is 1. The number of aromatic nitrogens is 2. The molecule has 0 amide bonds. The number of nitriles is 1. The molecular formula is C16H22N4. The molecule has 1 heterocycles. The van der Waals surface area contributed by atoms with Crippen molar-refractivity contribution < 1.29 is 0 Å². The summed E-state index contributed by atoms with van der Waals surface area (Å²) in [6.07, 6.45) is 3.66. The monoisotopic (exact) mass is 270 g/mol. The Balaban J connectivity index is 1.97. The first kappa shape index (κ1) is 14.5. The third kappa shape index (κ3) is 3.37. The molecule has 0 radical (unpaired) electrons. The molecule has 0 bridgehead atoms. The smallest absolute Gasteiger partial charge is 0.104 e. The van der Waals surface area contributed by atoms with Gasteiger partial charge in [-0.15, -0.1) is 0 Å². The lowest BCUT2D eigenvalue weighted by Gasteiger charge is -2.25. The minimum absolute atomic E-state index is 0.314. The number of hydrogen-bond acceptors (Lipinski definition) is 3. The van der Waals surface area contributed by atoms with Crippen molar-refractivity contribution in [2.24, 2.45) is 0 Å². The first-order valence-corrected chi connectivity index (χ1v) is 7.13. The summed E-state index contributed by atoms with van der Waals surface area (Å²) < 4.78 is 2.16. The van der Waals surface area contributed by atoms with Gasteiger partial charge in [-0.3, -0.25) is 5.32 Å². The van der Waals surface area contributed by atoms with Crippen LogP contribution in [0.25, 0.3) is 11.0 Å². The predicted octanol–water partition coefficient (Wildman–Crippen LogP) is 3.10. The molecule has 106 valence electrons. The maximum atomic E-state index is 9.33. The van der Waals surface area contributed by atoms with Crippen LogP contribution in [0.4, 0.5) is 0 Å². The molecule has 2 aromatic rings. The number of rotatable bonds is 6. The molecule has 0 spiro atoms. The molecule has 0 aliphatic carbocycles. The molecule has 0 saturated heterocycles. The van der Waals surface area contributed by atoms with Gasteiger partial charge in [0.2, 0.25) is 0 Å². The number of nitrogens with one attached hydrogen (secondary N) is 1. The Morgan fingerprint density at radius 2 is 2.15 bits per heavy atom. The molecule has 1 atom stereocenters. The maximum Gasteiger partial charge on any atom is 0.104 e. The summed E-state index contributed by atoms with van der Waals surface area (Å²) in [4.78, 5) is 4.38. The largest absolute Gasteiger partial charge is 0.331 e. The van der Waals surface area contributed by atoms with Gasteiger partial charge in [-0.2, -0.15) is 5.26 Å². The van der Waals surface area contributed by atoms with Crippen LogP contribution in [-0.4, -0.2) is 21.1 Å². The van der Waals surface area contributed by atoms with Crippen molar-refractivity contribution >= 4 is 11.0 Å². The lowest BCUT2D eigenvalue weighted by molar-refractivity contribution is 0.365. The summed E-state index contributed by atoms with van der Waals surface area (Å²) in [7, 11) is 0. The molecule has 20 heavy (non-hydrogen) atoms. The molecule has 4 heteroatoms. The summed E-state index contributed by atoms with van der Waals surface area (Å²) in [5, 5.41) is 12.7. The van der Waals surface area contributed by atoms with E-state index >= 15 is 0 Å². The van der Waals surface area contributed by atoms with Crippen molar-refractivity contribution in [3.63, 3.8) is 0 Å². The lowest BCUT2D eigenvalue weighted by Crippen LogP contribution is -2.45. The Hall–Kier alpha value is -1.86. The van der Waals surface area contributed by atoms with Gasteiger partial charge in [0, 0.05) is 12.6 Å². The Morgan fingerprint density at radius 1 is 1.40 bits per heavy atom. The normalized spacial score (nSPS) is 14.3. The second-order valence-electron chi connectivity index (χ2n) is 5.77. The summed E-state index contributed by atoms with van der Waals surface area (Å²) in [6, 6.07) is 10.8. The highest BCUT2D eigenvalue weighted by molar-refractivity contribution is 5.74. The number of aryl methyl sites for hydroxylation is 1. The zero-order chi connectivity index (χ0) is 14.6. The molecule has 4 nitrogen and oxygen atoms in total. The minimum atomic E-state index is -0.454. The van der Waals surface area contributed by atoms with Crippen LogP contribution in [0.2, 0.25) is 0 Å². The Bertz CT molecular complexity index is 608. The van der Waals surface area contributed by atoms with E-state index in [2.05, 4.69) is 40.9 Å². The number of imidazole rings is 1. The van der Waals surface area contributed by atoms with E-state index in [0.717, 1.165) is 30.4 Å². The van der Waals surface area contributed by atoms with Gasteiger partial charge in [0.1, 0.15) is 5.54 Å². The highest BCUT2D eigenvalue weighted by Crippen LogP contribution is 2.16. The van der Waals surface area contributed by atoms with Gasteiger partial charge >= 0.3 is 0 Å². The van der Waals surface area contributed by atoms with Gasteiger partial charge in [0.15, 0.2) is 0 Å². The fraction of sp³-hybridized carbons (Fsp3) is 0.500. The van der Waals surface area contributed by atoms with E-state index in [1.165, 1.54) is 0 Å². The molecular weight excluding hydrogens is 248 g/mol. The number of nitrogens with zero attached hydrogens (tertiary/aromatic N) is 3. The van der Waals surface area contributed by atoms with Gasteiger partial charge in [0.25, 0.3) is 0 Å². The van der Waals surface area contributed by atoms with E-state index in [4.69, 9.17) is 0 Å². The first-order chi connectivity index (χ1) is 9.54. The lowest BCUT2D eigenvalue weighted by atomic mass is 9.96. The van der Waals surface area contributed by atoms with Gasteiger partial charge in [-0.1, -0.05) is 12.1 Å². The van der Waals surface area contributed by atoms with E-state index in [-0.39, 0.29) is 0 Å². The van der Waals surface area contributed by atoms with Gasteiger partial charge < -0.3 is 4.57 Å². The molecule has 1 aromatic carbocycles. The second kappa shape index (κ2) is 6.06. The van der Waals surface area contributed by atoms with Crippen LogP contribution in [0.1, 0.15) is 33.6 Å². The van der Waals surface area contributed by atoms with Crippen LogP contribution in [0.5, 0.6) is 0 Å². The van der Waals surface area contributed by atoms with E-state index in [9.17, 15) is 5.26 Å². The summed E-state index contributed by atoms with van der Waals surface area (Å²) in [5.41, 5.74) is 1.73. The van der Waals surface area contributed by atoms with Gasteiger partial charge in [0.05, 0.1) is 23.4 Å². The first-order valence-electron chi connectivity index (χ1n) is 7.13. The molecule has 1 unspecified atom stereocenters. The minimum Gasteiger partial charge on any atom is -0.331 e. The van der Waals surface area contributed by atoms with Crippen molar-refractivity contribution in [2.75, 3.05) is 0 Å². The van der Waals surface area contributed by atoms with Crippen LogP contribution in [0.15, 0.2) is 30.6 Å². The summed E-state index contributed by atoms with van der Waals surface area (Å²) in [5.74, 6) is 0. The quantitative estimate of drug-likeness (QED) is 0.877. The Morgan fingerprint density at radius 3 is 2.85 bits per heavy atom. The zero-order valence-electron chi connectivity index (χ0n) is 12.4. The molecule has 1 N–H and O–H groups in total. The Labute approximate surface area is 120 Å². The van der Waals surface area contributed by atoms with Crippen molar-refractivity contribution in [2.45, 2.75) is 51.7 Å². The molecule has 0 aliphatic heterocycles. The number of fused-ring (bicyclic) bond motifs is 1. The summed E-state index contributed by atoms with van der Waals surface area (Å²) >= 11 is 0. The number of hydrogen-bond donors (Lipinski definition) is 1. The van der Waals surface area contributed by atoms with Gasteiger partial charge in [-0.05, 0) is 45.7 Å². The molecule has 2 rings (SSSR count). The number of para-hydroxylation sites is 2. The second-order valence-corrected chi connectivity index (χ2v) is 5.77. The highest BCUT2D eigenvalue weighted by atomic mass is 15.0. The van der Waals surface area contributed by atoms with Gasteiger partial charge in [-0.25, -0.2) is 4.98 Å². The van der Waals surface area contributed by atoms with Crippen LogP contribution < -0.4 is 5.32 Å². The standard InChI is InChI=1S/C16H22N4/c1-13(2)19-16(3,11-17)9-6-10-20-12-18-14-7-4-5-8-15(14)20/h4-5,7-8,12-13,19H,6,9-10H2,1-3H3. The van der Waals surface area contributed by atoms with E-state index < -0.39 is 5.54 Å². The molecule has 1 aromatic heterocycles. The van der Waals surface area contributed by atoms with Crippen LogP contribution >= 0.6 is 0 Å². The SMILES string of the molecule is CC(C)NC(C)(C#N)CCCn1cnc2ccccc21. The Kier molecular flexibility index (Phi) is 4.41. The zero-order valence-corrected chi connectivity index (χ0v) is 12.4. The fourth-order valence-corrected chi connectivity index (χ4v) is 2.59. The average molecular weight is 270 g/mol. The molecule has 0 aliphatic rings.